The first-order valence-corrected chi connectivity index (χ1v) is 8.40. The van der Waals surface area contributed by atoms with Crippen LogP contribution in [0.5, 0.6) is 11.5 Å². The number of hydrogen-bond acceptors (Lipinski definition) is 7. The maximum absolute atomic E-state index is 12.0. The number of carbonyl (C=O) groups is 1. The summed E-state index contributed by atoms with van der Waals surface area (Å²) in [6.07, 6.45) is 4.01. The number of rotatable bonds is 8. The standard InChI is InChI=1S/C19H20N4O4/c1-25-15-4-3-14(11-16(15)26-2)19-22-18(27-23-19)6-5-17(24)21-12-13-7-9-20-10-8-13/h3-4,7-11H,5-6,12H2,1-2H3,(H,21,24). The Kier molecular flexibility index (Phi) is 5.98. The van der Waals surface area contributed by atoms with Gasteiger partial charge in [0.2, 0.25) is 17.6 Å². The van der Waals surface area contributed by atoms with E-state index in [4.69, 9.17) is 14.0 Å². The van der Waals surface area contributed by atoms with Crippen LogP contribution < -0.4 is 14.8 Å². The molecule has 2 heterocycles. The second-order valence-corrected chi connectivity index (χ2v) is 5.71. The number of aryl methyl sites for hydroxylation is 1. The van der Waals surface area contributed by atoms with Crippen LogP contribution in [0, 0.1) is 0 Å². The lowest BCUT2D eigenvalue weighted by Gasteiger charge is -2.07. The molecule has 0 aliphatic carbocycles. The number of carbonyl (C=O) groups excluding carboxylic acids is 1. The van der Waals surface area contributed by atoms with Crippen molar-refractivity contribution in [2.75, 3.05) is 14.2 Å². The van der Waals surface area contributed by atoms with E-state index in [-0.39, 0.29) is 12.3 Å². The molecule has 1 amide bonds. The van der Waals surface area contributed by atoms with Gasteiger partial charge in [0.1, 0.15) is 0 Å². The Labute approximate surface area is 156 Å². The van der Waals surface area contributed by atoms with Crippen LogP contribution in [-0.4, -0.2) is 35.3 Å². The molecule has 8 nitrogen and oxygen atoms in total. The number of hydrogen-bond donors (Lipinski definition) is 1. The molecule has 0 saturated heterocycles. The average Bonchev–Trinajstić information content (AvgIpc) is 3.20. The van der Waals surface area contributed by atoms with Crippen molar-refractivity contribution in [3.05, 3.63) is 54.2 Å². The molecule has 0 aliphatic rings. The average molecular weight is 368 g/mol. The van der Waals surface area contributed by atoms with Gasteiger partial charge in [0, 0.05) is 37.3 Å². The zero-order valence-corrected chi connectivity index (χ0v) is 15.1. The van der Waals surface area contributed by atoms with Crippen molar-refractivity contribution < 1.29 is 18.8 Å². The smallest absolute Gasteiger partial charge is 0.227 e. The fourth-order valence-corrected chi connectivity index (χ4v) is 2.46. The van der Waals surface area contributed by atoms with Crippen LogP contribution in [0.1, 0.15) is 17.9 Å². The largest absolute Gasteiger partial charge is 0.493 e. The van der Waals surface area contributed by atoms with E-state index in [0.717, 1.165) is 11.1 Å². The Morgan fingerprint density at radius 2 is 1.89 bits per heavy atom. The molecule has 0 bridgehead atoms. The van der Waals surface area contributed by atoms with E-state index in [1.54, 1.807) is 38.7 Å². The highest BCUT2D eigenvalue weighted by Gasteiger charge is 2.13. The molecular weight excluding hydrogens is 348 g/mol. The summed E-state index contributed by atoms with van der Waals surface area (Å²) >= 11 is 0. The molecule has 0 radical (unpaired) electrons. The normalized spacial score (nSPS) is 10.4. The number of amides is 1. The summed E-state index contributed by atoms with van der Waals surface area (Å²) in [6.45, 7) is 0.460. The van der Waals surface area contributed by atoms with Crippen molar-refractivity contribution >= 4 is 5.91 Å². The van der Waals surface area contributed by atoms with Crippen LogP contribution in [0.25, 0.3) is 11.4 Å². The Morgan fingerprint density at radius 1 is 1.11 bits per heavy atom. The third kappa shape index (κ3) is 4.81. The van der Waals surface area contributed by atoms with Gasteiger partial charge < -0.3 is 19.3 Å². The minimum absolute atomic E-state index is 0.0855. The molecule has 3 aromatic rings. The van der Waals surface area contributed by atoms with Crippen LogP contribution in [0.3, 0.4) is 0 Å². The summed E-state index contributed by atoms with van der Waals surface area (Å²) < 4.78 is 15.7. The third-order valence-electron chi connectivity index (χ3n) is 3.91. The lowest BCUT2D eigenvalue weighted by atomic mass is 10.2. The Balaban J connectivity index is 1.55. The van der Waals surface area contributed by atoms with Gasteiger partial charge in [-0.2, -0.15) is 4.98 Å². The van der Waals surface area contributed by atoms with Gasteiger partial charge in [0.25, 0.3) is 0 Å². The maximum Gasteiger partial charge on any atom is 0.227 e. The topological polar surface area (TPSA) is 99.4 Å². The molecule has 0 saturated carbocycles. The highest BCUT2D eigenvalue weighted by Crippen LogP contribution is 2.31. The van der Waals surface area contributed by atoms with Crippen molar-refractivity contribution in [2.45, 2.75) is 19.4 Å². The van der Waals surface area contributed by atoms with Gasteiger partial charge in [-0.25, -0.2) is 0 Å². The quantitative estimate of drug-likeness (QED) is 0.652. The van der Waals surface area contributed by atoms with Gasteiger partial charge in [-0.1, -0.05) is 5.16 Å². The molecule has 8 heteroatoms. The molecule has 0 aliphatic heterocycles. The zero-order chi connectivity index (χ0) is 19.1. The monoisotopic (exact) mass is 368 g/mol. The molecule has 0 atom stereocenters. The summed E-state index contributed by atoms with van der Waals surface area (Å²) in [7, 11) is 3.14. The van der Waals surface area contributed by atoms with Crippen molar-refractivity contribution in [1.82, 2.24) is 20.4 Å². The molecule has 2 aromatic heterocycles. The second-order valence-electron chi connectivity index (χ2n) is 5.71. The van der Waals surface area contributed by atoms with Crippen molar-refractivity contribution in [3.8, 4) is 22.9 Å². The fraction of sp³-hybridized carbons (Fsp3) is 0.263. The Morgan fingerprint density at radius 3 is 2.63 bits per heavy atom. The first-order valence-electron chi connectivity index (χ1n) is 8.40. The van der Waals surface area contributed by atoms with E-state index in [0.29, 0.717) is 36.2 Å². The van der Waals surface area contributed by atoms with Crippen LogP contribution in [0.15, 0.2) is 47.2 Å². The summed E-state index contributed by atoms with van der Waals surface area (Å²) in [5.74, 6) is 1.95. The second kappa shape index (κ2) is 8.79. The van der Waals surface area contributed by atoms with Gasteiger partial charge in [-0.15, -0.1) is 0 Å². The number of pyridine rings is 1. The Hall–Kier alpha value is -3.42. The van der Waals surface area contributed by atoms with Gasteiger partial charge in [0.05, 0.1) is 14.2 Å². The first kappa shape index (κ1) is 18.4. The zero-order valence-electron chi connectivity index (χ0n) is 15.1. The summed E-state index contributed by atoms with van der Waals surface area (Å²) in [5.41, 5.74) is 1.73. The highest BCUT2D eigenvalue weighted by molar-refractivity contribution is 5.76. The van der Waals surface area contributed by atoms with Gasteiger partial charge in [-0.3, -0.25) is 9.78 Å². The van der Waals surface area contributed by atoms with E-state index in [2.05, 4.69) is 20.4 Å². The maximum atomic E-state index is 12.0. The van der Waals surface area contributed by atoms with E-state index < -0.39 is 0 Å². The van der Waals surface area contributed by atoms with Gasteiger partial charge in [0.15, 0.2) is 11.5 Å². The van der Waals surface area contributed by atoms with Crippen molar-refractivity contribution in [3.63, 3.8) is 0 Å². The summed E-state index contributed by atoms with van der Waals surface area (Å²) in [5, 5.41) is 6.82. The summed E-state index contributed by atoms with van der Waals surface area (Å²) in [6, 6.07) is 9.07. The highest BCUT2D eigenvalue weighted by atomic mass is 16.5. The fourth-order valence-electron chi connectivity index (χ4n) is 2.46. The first-order chi connectivity index (χ1) is 13.2. The minimum Gasteiger partial charge on any atom is -0.493 e. The lowest BCUT2D eigenvalue weighted by molar-refractivity contribution is -0.121. The van der Waals surface area contributed by atoms with E-state index in [1.807, 2.05) is 18.2 Å². The number of nitrogens with one attached hydrogen (secondary N) is 1. The van der Waals surface area contributed by atoms with Gasteiger partial charge >= 0.3 is 0 Å². The van der Waals surface area contributed by atoms with Crippen LogP contribution in [0.4, 0.5) is 0 Å². The molecule has 0 spiro atoms. The number of ether oxygens (including phenoxy) is 2. The van der Waals surface area contributed by atoms with Crippen LogP contribution in [-0.2, 0) is 17.8 Å². The predicted molar refractivity (Wildman–Crippen MR) is 97.2 cm³/mol. The Bertz CT molecular complexity index is 896. The molecule has 27 heavy (non-hydrogen) atoms. The van der Waals surface area contributed by atoms with Crippen molar-refractivity contribution in [2.24, 2.45) is 0 Å². The SMILES string of the molecule is COc1ccc(-c2noc(CCC(=O)NCc3ccncc3)n2)cc1OC. The van der Waals surface area contributed by atoms with E-state index in [9.17, 15) is 4.79 Å². The van der Waals surface area contributed by atoms with Gasteiger partial charge in [-0.05, 0) is 35.9 Å². The molecule has 1 aromatic carbocycles. The van der Waals surface area contributed by atoms with E-state index in [1.165, 1.54) is 0 Å². The molecule has 0 unspecified atom stereocenters. The lowest BCUT2D eigenvalue weighted by Crippen LogP contribution is -2.23. The minimum atomic E-state index is -0.0855. The molecule has 0 fully saturated rings. The molecule has 1 N–H and O–H groups in total. The third-order valence-corrected chi connectivity index (χ3v) is 3.91. The van der Waals surface area contributed by atoms with Crippen LogP contribution in [0.2, 0.25) is 0 Å². The number of methoxy groups -OCH3 is 2. The molecular formula is C19H20N4O4. The summed E-state index contributed by atoms with van der Waals surface area (Å²) in [4.78, 5) is 20.3. The molecule has 140 valence electrons. The number of aromatic nitrogens is 3. The van der Waals surface area contributed by atoms with E-state index >= 15 is 0 Å². The molecule has 3 rings (SSSR count). The number of benzene rings is 1. The van der Waals surface area contributed by atoms with Crippen LogP contribution >= 0.6 is 0 Å². The number of nitrogens with zero attached hydrogens (tertiary/aromatic N) is 3. The predicted octanol–water partition coefficient (Wildman–Crippen LogP) is 2.40. The van der Waals surface area contributed by atoms with Crippen molar-refractivity contribution in [1.29, 1.82) is 0 Å².